The van der Waals surface area contributed by atoms with E-state index in [1.165, 1.54) is 25.7 Å². The number of alkyl halides is 2. The minimum Gasteiger partial charge on any atom is -0.456 e. The van der Waals surface area contributed by atoms with Crippen LogP contribution < -0.4 is 9.47 Å². The predicted octanol–water partition coefficient (Wildman–Crippen LogP) is 8.08. The predicted molar refractivity (Wildman–Crippen MR) is 102 cm³/mol. The van der Waals surface area contributed by atoms with Crippen molar-refractivity contribution in [1.29, 1.82) is 0 Å². The van der Waals surface area contributed by atoms with Crippen molar-refractivity contribution >= 4 is 0 Å². The Labute approximate surface area is 169 Å². The summed E-state index contributed by atoms with van der Waals surface area (Å²) < 4.78 is 76.1. The molecule has 0 unspecified atom stereocenters. The van der Waals surface area contributed by atoms with Crippen molar-refractivity contribution < 1.29 is 31.4 Å². The first-order valence-electron chi connectivity index (χ1n) is 10.4. The third-order valence-corrected chi connectivity index (χ3v) is 5.47. The van der Waals surface area contributed by atoms with Gasteiger partial charge in [-0.25, -0.2) is 4.39 Å². The van der Waals surface area contributed by atoms with Crippen molar-refractivity contribution in [3.8, 4) is 11.5 Å². The number of benzene rings is 1. The van der Waals surface area contributed by atoms with E-state index in [0.29, 0.717) is 18.8 Å². The van der Waals surface area contributed by atoms with Gasteiger partial charge in [-0.3, -0.25) is 0 Å². The molecule has 0 bridgehead atoms. The van der Waals surface area contributed by atoms with E-state index in [1.807, 2.05) is 0 Å². The Morgan fingerprint density at radius 1 is 1.07 bits per heavy atom. The molecule has 2 rings (SSSR count). The fraction of sp³-hybridized carbons (Fsp3) is 0.636. The van der Waals surface area contributed by atoms with Crippen molar-refractivity contribution in [3.05, 3.63) is 36.4 Å². The topological polar surface area (TPSA) is 18.5 Å². The van der Waals surface area contributed by atoms with Crippen molar-refractivity contribution in [1.82, 2.24) is 0 Å². The molecule has 7 heteroatoms. The molecule has 0 N–H and O–H groups in total. The summed E-state index contributed by atoms with van der Waals surface area (Å²) in [6, 6.07) is 2.78. The number of unbranched alkanes of at least 4 members (excludes halogenated alkanes) is 4. The standard InChI is InChI=1S/C22H29F5O2/c1-2-3-4-5-6-7-16-8-10-17(11-9-16)22(26,27)29-18-12-13-20(19(23)14-18)28-15-21(24)25/h12-17H,2-11H2,1H3. The van der Waals surface area contributed by atoms with Crippen molar-refractivity contribution in [2.24, 2.45) is 11.8 Å². The van der Waals surface area contributed by atoms with Gasteiger partial charge < -0.3 is 9.47 Å². The maximum Gasteiger partial charge on any atom is 0.400 e. The van der Waals surface area contributed by atoms with E-state index in [-0.39, 0.29) is 12.0 Å². The molecule has 0 amide bonds. The Morgan fingerprint density at radius 2 is 1.76 bits per heavy atom. The van der Waals surface area contributed by atoms with Crippen LogP contribution in [0.3, 0.4) is 0 Å². The van der Waals surface area contributed by atoms with E-state index in [0.717, 1.165) is 43.9 Å². The molecule has 164 valence electrons. The number of ether oxygens (including phenoxy) is 2. The van der Waals surface area contributed by atoms with Gasteiger partial charge in [-0.15, -0.1) is 0 Å². The highest BCUT2D eigenvalue weighted by molar-refractivity contribution is 5.33. The van der Waals surface area contributed by atoms with Gasteiger partial charge >= 0.3 is 12.2 Å². The smallest absolute Gasteiger partial charge is 0.400 e. The lowest BCUT2D eigenvalue weighted by Gasteiger charge is -2.33. The van der Waals surface area contributed by atoms with Gasteiger partial charge in [-0.1, -0.05) is 45.4 Å². The fourth-order valence-electron chi connectivity index (χ4n) is 3.81. The van der Waals surface area contributed by atoms with Crippen LogP contribution in [0, 0.1) is 17.7 Å². The summed E-state index contributed by atoms with van der Waals surface area (Å²) in [5, 5.41) is 0. The molecule has 0 aromatic heterocycles. The van der Waals surface area contributed by atoms with Gasteiger partial charge in [0.15, 0.2) is 17.8 Å². The molecule has 1 fully saturated rings. The molecule has 0 atom stereocenters. The first-order chi connectivity index (χ1) is 13.8. The molecule has 1 aliphatic carbocycles. The molecule has 1 saturated carbocycles. The summed E-state index contributed by atoms with van der Waals surface area (Å²) in [6.45, 7) is 2.17. The molecule has 0 spiro atoms. The van der Waals surface area contributed by atoms with Gasteiger partial charge in [0.25, 0.3) is 0 Å². The van der Waals surface area contributed by atoms with Gasteiger partial charge in [0.05, 0.1) is 5.92 Å². The lowest BCUT2D eigenvalue weighted by Crippen LogP contribution is -2.37. The van der Waals surface area contributed by atoms with Gasteiger partial charge in [0.2, 0.25) is 0 Å². The van der Waals surface area contributed by atoms with Crippen LogP contribution in [0.4, 0.5) is 22.0 Å². The average molecular weight is 420 g/mol. The van der Waals surface area contributed by atoms with Crippen LogP contribution in [-0.2, 0) is 0 Å². The van der Waals surface area contributed by atoms with Crippen LogP contribution in [-0.4, -0.2) is 6.11 Å². The number of hydrogen-bond acceptors (Lipinski definition) is 2. The second-order valence-electron chi connectivity index (χ2n) is 7.70. The average Bonchev–Trinajstić information content (AvgIpc) is 2.67. The first-order valence-corrected chi connectivity index (χ1v) is 10.4. The second kappa shape index (κ2) is 11.4. The molecule has 0 radical (unpaired) electrons. The zero-order chi connectivity index (χ0) is 21.3. The quantitative estimate of drug-likeness (QED) is 0.205. The highest BCUT2D eigenvalue weighted by Gasteiger charge is 2.44. The van der Waals surface area contributed by atoms with Crippen LogP contribution in [0.15, 0.2) is 30.5 Å². The lowest BCUT2D eigenvalue weighted by molar-refractivity contribution is -0.223. The zero-order valence-electron chi connectivity index (χ0n) is 16.7. The van der Waals surface area contributed by atoms with E-state index in [4.69, 9.17) is 4.74 Å². The van der Waals surface area contributed by atoms with Crippen LogP contribution in [0.25, 0.3) is 0 Å². The van der Waals surface area contributed by atoms with Crippen molar-refractivity contribution in [2.75, 3.05) is 0 Å². The highest BCUT2D eigenvalue weighted by Crippen LogP contribution is 2.41. The maximum absolute atomic E-state index is 14.5. The van der Waals surface area contributed by atoms with Crippen LogP contribution in [0.2, 0.25) is 0 Å². The van der Waals surface area contributed by atoms with Gasteiger partial charge in [0, 0.05) is 6.07 Å². The van der Waals surface area contributed by atoms with Gasteiger partial charge in [-0.05, 0) is 43.7 Å². The second-order valence-corrected chi connectivity index (χ2v) is 7.70. The van der Waals surface area contributed by atoms with E-state index < -0.39 is 29.7 Å². The van der Waals surface area contributed by atoms with Gasteiger partial charge in [0.1, 0.15) is 5.75 Å². The Kier molecular flexibility index (Phi) is 9.24. The first kappa shape index (κ1) is 23.5. The van der Waals surface area contributed by atoms with E-state index in [2.05, 4.69) is 11.7 Å². The minimum atomic E-state index is -3.41. The molecular formula is C22H29F5O2. The molecule has 1 aromatic rings. The molecule has 29 heavy (non-hydrogen) atoms. The SMILES string of the molecule is CCCCCCCC1CCC(C(F)(F)Oc2ccc(OC=C(F)F)c(F)c2)CC1. The van der Waals surface area contributed by atoms with Gasteiger partial charge in [-0.2, -0.15) is 17.6 Å². The normalized spacial score (nSPS) is 19.7. The van der Waals surface area contributed by atoms with Crippen LogP contribution >= 0.6 is 0 Å². The number of rotatable bonds is 11. The zero-order valence-corrected chi connectivity index (χ0v) is 16.7. The molecule has 1 aliphatic rings. The largest absolute Gasteiger partial charge is 0.456 e. The molecule has 0 aliphatic heterocycles. The summed E-state index contributed by atoms with van der Waals surface area (Å²) >= 11 is 0. The Morgan fingerprint density at radius 3 is 2.38 bits per heavy atom. The summed E-state index contributed by atoms with van der Waals surface area (Å²) in [5.41, 5.74) is 0. The summed E-state index contributed by atoms with van der Waals surface area (Å²) in [7, 11) is 0. The van der Waals surface area contributed by atoms with E-state index in [9.17, 15) is 22.0 Å². The van der Waals surface area contributed by atoms with Crippen molar-refractivity contribution in [3.63, 3.8) is 0 Å². The van der Waals surface area contributed by atoms with E-state index in [1.54, 1.807) is 0 Å². The highest BCUT2D eigenvalue weighted by atomic mass is 19.3. The molecule has 0 saturated heterocycles. The van der Waals surface area contributed by atoms with E-state index >= 15 is 0 Å². The molecule has 0 heterocycles. The Bertz CT molecular complexity index is 651. The molecule has 2 nitrogen and oxygen atoms in total. The third kappa shape index (κ3) is 7.86. The Balaban J connectivity index is 1.82. The summed E-state index contributed by atoms with van der Waals surface area (Å²) in [4.78, 5) is 0. The summed E-state index contributed by atoms with van der Waals surface area (Å²) in [6.07, 6.45) is 3.90. The lowest BCUT2D eigenvalue weighted by atomic mass is 9.79. The monoisotopic (exact) mass is 420 g/mol. The van der Waals surface area contributed by atoms with Crippen molar-refractivity contribution in [2.45, 2.75) is 77.2 Å². The maximum atomic E-state index is 14.5. The Hall–Kier alpha value is -1.79. The fourth-order valence-corrected chi connectivity index (χ4v) is 3.81. The summed E-state index contributed by atoms with van der Waals surface area (Å²) in [5.74, 6) is -2.33. The van der Waals surface area contributed by atoms with Crippen LogP contribution in [0.1, 0.15) is 71.1 Å². The van der Waals surface area contributed by atoms with Crippen LogP contribution in [0.5, 0.6) is 11.5 Å². The molecular weight excluding hydrogens is 391 g/mol. The number of hydrogen-bond donors (Lipinski definition) is 0. The number of halogens is 5. The minimum absolute atomic E-state index is 0.0792. The third-order valence-electron chi connectivity index (χ3n) is 5.47. The molecule has 1 aromatic carbocycles.